The zero-order valence-corrected chi connectivity index (χ0v) is 13.3. The van der Waals surface area contributed by atoms with Crippen LogP contribution < -0.4 is 5.73 Å². The summed E-state index contributed by atoms with van der Waals surface area (Å²) in [6.45, 7) is 5.87. The Bertz CT molecular complexity index is 444. The first kappa shape index (κ1) is 16.0. The van der Waals surface area contributed by atoms with Crippen LogP contribution in [0.2, 0.25) is 0 Å². The van der Waals surface area contributed by atoms with Crippen LogP contribution in [0.1, 0.15) is 51.1 Å². The lowest BCUT2D eigenvalue weighted by Crippen LogP contribution is -2.33. The normalized spacial score (nSPS) is 20.0. The van der Waals surface area contributed by atoms with Crippen molar-refractivity contribution in [3.8, 4) is 0 Å². The predicted molar refractivity (Wildman–Crippen MR) is 86.7 cm³/mol. The van der Waals surface area contributed by atoms with Crippen LogP contribution in [0.5, 0.6) is 0 Å². The number of benzene rings is 1. The minimum absolute atomic E-state index is 0.260. The fourth-order valence-electron chi connectivity index (χ4n) is 3.38. The molecule has 0 radical (unpaired) electrons. The van der Waals surface area contributed by atoms with Gasteiger partial charge in [0.25, 0.3) is 0 Å². The summed E-state index contributed by atoms with van der Waals surface area (Å²) in [7, 11) is 0. The number of amides is 1. The summed E-state index contributed by atoms with van der Waals surface area (Å²) < 4.78 is 0. The number of nitrogens with two attached hydrogens (primary N) is 1. The minimum atomic E-state index is 0.260. The summed E-state index contributed by atoms with van der Waals surface area (Å²) in [6, 6.07) is 10.7. The molecular weight excluding hydrogens is 260 g/mol. The Balaban J connectivity index is 2.00. The summed E-state index contributed by atoms with van der Waals surface area (Å²) in [5, 5.41) is 0. The van der Waals surface area contributed by atoms with E-state index in [1.807, 2.05) is 6.07 Å². The number of nitrogens with zero attached hydrogens (tertiary/aromatic N) is 1. The van der Waals surface area contributed by atoms with Gasteiger partial charge in [-0.3, -0.25) is 4.79 Å². The molecule has 116 valence electrons. The highest BCUT2D eigenvalue weighted by molar-refractivity contribution is 5.77. The number of hydrogen-bond donors (Lipinski definition) is 1. The van der Waals surface area contributed by atoms with E-state index < -0.39 is 0 Å². The monoisotopic (exact) mass is 288 g/mol. The molecule has 0 aliphatic carbocycles. The van der Waals surface area contributed by atoms with Crippen molar-refractivity contribution in [1.29, 1.82) is 0 Å². The zero-order valence-electron chi connectivity index (χ0n) is 13.3. The van der Waals surface area contributed by atoms with Crippen LogP contribution in [0.4, 0.5) is 0 Å². The van der Waals surface area contributed by atoms with Gasteiger partial charge in [0.1, 0.15) is 0 Å². The summed E-state index contributed by atoms with van der Waals surface area (Å²) in [5.74, 6) is 1.18. The second-order valence-corrected chi connectivity index (χ2v) is 6.59. The summed E-state index contributed by atoms with van der Waals surface area (Å²) in [6.07, 6.45) is 3.81. The molecule has 2 unspecified atom stereocenters. The second-order valence-electron chi connectivity index (χ2n) is 6.59. The second kappa shape index (κ2) is 7.60. The average molecular weight is 288 g/mol. The molecule has 0 spiro atoms. The lowest BCUT2D eigenvalue weighted by molar-refractivity contribution is -0.133. The predicted octanol–water partition coefficient (Wildman–Crippen LogP) is 3.36. The van der Waals surface area contributed by atoms with E-state index in [9.17, 15) is 4.79 Å². The van der Waals surface area contributed by atoms with Gasteiger partial charge >= 0.3 is 0 Å². The van der Waals surface area contributed by atoms with Crippen LogP contribution in [0.15, 0.2) is 30.3 Å². The van der Waals surface area contributed by atoms with E-state index in [4.69, 9.17) is 5.73 Å². The third-order valence-electron chi connectivity index (χ3n) is 4.36. The average Bonchev–Trinajstić information content (AvgIpc) is 2.96. The lowest BCUT2D eigenvalue weighted by atomic mass is 9.93. The van der Waals surface area contributed by atoms with Gasteiger partial charge in [0, 0.05) is 13.0 Å². The summed E-state index contributed by atoms with van der Waals surface area (Å²) in [4.78, 5) is 14.7. The van der Waals surface area contributed by atoms with Crippen molar-refractivity contribution in [2.24, 2.45) is 17.6 Å². The highest BCUT2D eigenvalue weighted by Crippen LogP contribution is 2.33. The zero-order chi connectivity index (χ0) is 15.2. The lowest BCUT2D eigenvalue weighted by Gasteiger charge is -2.27. The van der Waals surface area contributed by atoms with Crippen LogP contribution in [0.3, 0.4) is 0 Å². The molecule has 1 aromatic carbocycles. The molecular formula is C18H28N2O. The third kappa shape index (κ3) is 4.31. The van der Waals surface area contributed by atoms with Crippen molar-refractivity contribution in [3.05, 3.63) is 35.9 Å². The topological polar surface area (TPSA) is 46.3 Å². The summed E-state index contributed by atoms with van der Waals surface area (Å²) in [5.41, 5.74) is 7.10. The summed E-state index contributed by atoms with van der Waals surface area (Å²) >= 11 is 0. The molecule has 2 atom stereocenters. The van der Waals surface area contributed by atoms with E-state index in [2.05, 4.69) is 43.0 Å². The first-order valence-electron chi connectivity index (χ1n) is 8.16. The Hall–Kier alpha value is -1.35. The van der Waals surface area contributed by atoms with Gasteiger partial charge in [0.2, 0.25) is 5.91 Å². The number of carbonyl (C=O) groups is 1. The fraction of sp³-hybridized carbons (Fsp3) is 0.611. The Morgan fingerprint density at radius 1 is 1.33 bits per heavy atom. The molecule has 1 aromatic rings. The SMILES string of the molecule is CC(C)CC(CN)CC(=O)N1CCCC1c1ccccc1. The Kier molecular flexibility index (Phi) is 5.80. The van der Waals surface area contributed by atoms with Crippen molar-refractivity contribution in [1.82, 2.24) is 4.90 Å². The maximum Gasteiger partial charge on any atom is 0.223 e. The third-order valence-corrected chi connectivity index (χ3v) is 4.36. The van der Waals surface area contributed by atoms with Gasteiger partial charge in [-0.2, -0.15) is 0 Å². The molecule has 2 rings (SSSR count). The molecule has 3 heteroatoms. The quantitative estimate of drug-likeness (QED) is 0.872. The first-order chi connectivity index (χ1) is 10.1. The van der Waals surface area contributed by atoms with Crippen molar-refractivity contribution >= 4 is 5.91 Å². The van der Waals surface area contributed by atoms with Gasteiger partial charge in [-0.05, 0) is 43.2 Å². The number of hydrogen-bond acceptors (Lipinski definition) is 2. The number of likely N-dealkylation sites (tertiary alicyclic amines) is 1. The standard InChI is InChI=1S/C18H28N2O/c1-14(2)11-15(13-19)12-18(21)20-10-6-9-17(20)16-7-4-3-5-8-16/h3-5,7-8,14-15,17H,6,9-13,19H2,1-2H3. The van der Waals surface area contributed by atoms with Crippen LogP contribution >= 0.6 is 0 Å². The van der Waals surface area contributed by atoms with E-state index in [1.54, 1.807) is 0 Å². The molecule has 1 aliphatic rings. The molecule has 3 nitrogen and oxygen atoms in total. The minimum Gasteiger partial charge on any atom is -0.336 e. The highest BCUT2D eigenvalue weighted by atomic mass is 16.2. The Labute approximate surface area is 128 Å². The molecule has 2 N–H and O–H groups in total. The van der Waals surface area contributed by atoms with Gasteiger partial charge in [0.15, 0.2) is 0 Å². The van der Waals surface area contributed by atoms with E-state index in [0.717, 1.165) is 25.8 Å². The Morgan fingerprint density at radius 3 is 2.67 bits per heavy atom. The van der Waals surface area contributed by atoms with Gasteiger partial charge < -0.3 is 10.6 Å². The highest BCUT2D eigenvalue weighted by Gasteiger charge is 2.30. The molecule has 21 heavy (non-hydrogen) atoms. The van der Waals surface area contributed by atoms with Crippen LogP contribution in [0.25, 0.3) is 0 Å². The largest absolute Gasteiger partial charge is 0.336 e. The molecule has 0 bridgehead atoms. The van der Waals surface area contributed by atoms with Crippen molar-refractivity contribution in [2.75, 3.05) is 13.1 Å². The molecule has 0 saturated carbocycles. The maximum absolute atomic E-state index is 12.7. The van der Waals surface area contributed by atoms with Crippen molar-refractivity contribution in [2.45, 2.75) is 45.6 Å². The molecule has 1 fully saturated rings. The van der Waals surface area contributed by atoms with Crippen LogP contribution in [-0.2, 0) is 4.79 Å². The van der Waals surface area contributed by atoms with Gasteiger partial charge in [-0.25, -0.2) is 0 Å². The fourth-order valence-corrected chi connectivity index (χ4v) is 3.38. The first-order valence-corrected chi connectivity index (χ1v) is 8.16. The number of rotatable bonds is 6. The van der Waals surface area contributed by atoms with Gasteiger partial charge in [0.05, 0.1) is 6.04 Å². The number of carbonyl (C=O) groups excluding carboxylic acids is 1. The van der Waals surface area contributed by atoms with Crippen LogP contribution in [-0.4, -0.2) is 23.9 Å². The van der Waals surface area contributed by atoms with Gasteiger partial charge in [-0.15, -0.1) is 0 Å². The van der Waals surface area contributed by atoms with Crippen LogP contribution in [0, 0.1) is 11.8 Å². The molecule has 1 aliphatic heterocycles. The van der Waals surface area contributed by atoms with E-state index >= 15 is 0 Å². The molecule has 1 saturated heterocycles. The molecule has 0 aromatic heterocycles. The Morgan fingerprint density at radius 2 is 2.05 bits per heavy atom. The van der Waals surface area contributed by atoms with E-state index in [1.165, 1.54) is 5.56 Å². The van der Waals surface area contributed by atoms with Crippen molar-refractivity contribution in [3.63, 3.8) is 0 Å². The maximum atomic E-state index is 12.7. The molecule has 1 amide bonds. The van der Waals surface area contributed by atoms with E-state index in [-0.39, 0.29) is 11.9 Å². The van der Waals surface area contributed by atoms with Crippen molar-refractivity contribution < 1.29 is 4.79 Å². The van der Waals surface area contributed by atoms with E-state index in [0.29, 0.717) is 24.8 Å². The van der Waals surface area contributed by atoms with Gasteiger partial charge in [-0.1, -0.05) is 44.2 Å². The molecule has 1 heterocycles. The smallest absolute Gasteiger partial charge is 0.223 e.